The van der Waals surface area contributed by atoms with E-state index in [2.05, 4.69) is 5.32 Å². The molecule has 2 atom stereocenters. The lowest BCUT2D eigenvalue weighted by Crippen LogP contribution is -2.58. The molecule has 0 spiro atoms. The maximum atomic E-state index is 12.0. The second-order valence-electron chi connectivity index (χ2n) is 5.04. The fourth-order valence-corrected chi connectivity index (χ4v) is 2.61. The van der Waals surface area contributed by atoms with E-state index in [1.807, 2.05) is 43.0 Å². The lowest BCUT2D eigenvalue weighted by atomic mass is 9.99. The fraction of sp³-hybridized carbons (Fsp3) is 0.467. The van der Waals surface area contributed by atoms with Crippen molar-refractivity contribution < 1.29 is 9.59 Å². The molecule has 0 aliphatic carbocycles. The van der Waals surface area contributed by atoms with Gasteiger partial charge in [0, 0.05) is 11.7 Å². The van der Waals surface area contributed by atoms with Crippen molar-refractivity contribution in [3.8, 4) is 0 Å². The van der Waals surface area contributed by atoms with Gasteiger partial charge >= 0.3 is 0 Å². The number of nitrogens with zero attached hydrogens (tertiary/aromatic N) is 1. The number of benzene rings is 1. The number of carbonyl (C=O) groups is 2. The molecule has 0 bridgehead atoms. The van der Waals surface area contributed by atoms with Crippen LogP contribution in [0.3, 0.4) is 0 Å². The summed E-state index contributed by atoms with van der Waals surface area (Å²) in [4.78, 5) is 25.5. The monoisotopic (exact) mass is 275 g/mol. The smallest absolute Gasteiger partial charge is 0.249 e. The van der Waals surface area contributed by atoms with Crippen LogP contribution in [0.1, 0.15) is 38.3 Å². The molecule has 1 aliphatic heterocycles. The summed E-state index contributed by atoms with van der Waals surface area (Å²) in [7, 11) is 0. The van der Waals surface area contributed by atoms with E-state index in [4.69, 9.17) is 5.73 Å². The lowest BCUT2D eigenvalue weighted by Gasteiger charge is -2.37. The second-order valence-corrected chi connectivity index (χ2v) is 5.04. The zero-order valence-electron chi connectivity index (χ0n) is 11.9. The predicted octanol–water partition coefficient (Wildman–Crippen LogP) is 1.34. The van der Waals surface area contributed by atoms with Crippen molar-refractivity contribution in [1.29, 1.82) is 0 Å². The van der Waals surface area contributed by atoms with Crippen LogP contribution in [-0.2, 0) is 9.59 Å². The number of nitrogens with two attached hydrogens (primary N) is 1. The summed E-state index contributed by atoms with van der Waals surface area (Å²) in [5.41, 5.74) is 8.01. The van der Waals surface area contributed by atoms with Gasteiger partial charge in [0.25, 0.3) is 0 Å². The van der Waals surface area contributed by atoms with Crippen LogP contribution in [0.15, 0.2) is 24.3 Å². The highest BCUT2D eigenvalue weighted by atomic mass is 16.2. The molecule has 1 heterocycles. The summed E-state index contributed by atoms with van der Waals surface area (Å²) in [5.74, 6) is -0.497. The van der Waals surface area contributed by atoms with Crippen molar-refractivity contribution in [3.63, 3.8) is 0 Å². The average Bonchev–Trinajstić information content (AvgIpc) is 2.45. The Kier molecular flexibility index (Phi) is 4.39. The maximum absolute atomic E-state index is 12.0. The van der Waals surface area contributed by atoms with Gasteiger partial charge in [-0.05, 0) is 24.5 Å². The van der Waals surface area contributed by atoms with Crippen molar-refractivity contribution in [1.82, 2.24) is 5.32 Å². The minimum atomic E-state index is -0.321. The average molecular weight is 275 g/mol. The van der Waals surface area contributed by atoms with Crippen LogP contribution < -0.4 is 16.0 Å². The molecule has 1 unspecified atom stereocenters. The Morgan fingerprint density at radius 2 is 2.05 bits per heavy atom. The van der Waals surface area contributed by atoms with Crippen molar-refractivity contribution in [3.05, 3.63) is 29.8 Å². The number of hydrogen-bond acceptors (Lipinski definition) is 4. The van der Waals surface area contributed by atoms with Gasteiger partial charge in [-0.25, -0.2) is 0 Å². The number of carbonyl (C=O) groups excluding carboxylic acids is 2. The van der Waals surface area contributed by atoms with Crippen molar-refractivity contribution >= 4 is 17.5 Å². The third-order valence-corrected chi connectivity index (χ3v) is 3.73. The number of rotatable bonds is 4. The molecule has 1 saturated heterocycles. The summed E-state index contributed by atoms with van der Waals surface area (Å²) >= 11 is 0. The van der Waals surface area contributed by atoms with Crippen LogP contribution in [0.5, 0.6) is 0 Å². The van der Waals surface area contributed by atoms with Crippen LogP contribution in [0.2, 0.25) is 0 Å². The predicted molar refractivity (Wildman–Crippen MR) is 78.2 cm³/mol. The zero-order chi connectivity index (χ0) is 14.7. The molecule has 1 aliphatic rings. The van der Waals surface area contributed by atoms with E-state index in [0.29, 0.717) is 6.42 Å². The number of nitrogens with one attached hydrogen (secondary N) is 1. The van der Waals surface area contributed by atoms with E-state index >= 15 is 0 Å². The summed E-state index contributed by atoms with van der Waals surface area (Å²) in [5, 5.41) is 2.39. The van der Waals surface area contributed by atoms with Crippen molar-refractivity contribution in [2.45, 2.75) is 38.8 Å². The first kappa shape index (κ1) is 14.5. The third-order valence-electron chi connectivity index (χ3n) is 3.73. The highest BCUT2D eigenvalue weighted by Crippen LogP contribution is 2.29. The van der Waals surface area contributed by atoms with Crippen LogP contribution in [-0.4, -0.2) is 24.4 Å². The van der Waals surface area contributed by atoms with Crippen LogP contribution in [0.25, 0.3) is 0 Å². The van der Waals surface area contributed by atoms with Gasteiger partial charge in [-0.3, -0.25) is 14.9 Å². The molecule has 5 nitrogen and oxygen atoms in total. The topological polar surface area (TPSA) is 75.4 Å². The van der Waals surface area contributed by atoms with E-state index in [0.717, 1.165) is 17.7 Å². The lowest BCUT2D eigenvalue weighted by molar-refractivity contribution is -0.132. The third kappa shape index (κ3) is 2.67. The molecular weight excluding hydrogens is 254 g/mol. The highest BCUT2D eigenvalue weighted by molar-refractivity contribution is 6.04. The number of para-hydroxylation sites is 1. The Balaban J connectivity index is 2.42. The Morgan fingerprint density at radius 3 is 2.70 bits per heavy atom. The summed E-state index contributed by atoms with van der Waals surface area (Å²) in [6.07, 6.45) is 1.45. The number of amides is 2. The second kappa shape index (κ2) is 6.05. The summed E-state index contributed by atoms with van der Waals surface area (Å²) < 4.78 is 0. The molecule has 108 valence electrons. The van der Waals surface area contributed by atoms with Gasteiger partial charge in [0.1, 0.15) is 6.04 Å². The first-order valence-corrected chi connectivity index (χ1v) is 7.03. The molecule has 20 heavy (non-hydrogen) atoms. The number of anilines is 1. The van der Waals surface area contributed by atoms with Gasteiger partial charge in [-0.1, -0.05) is 32.0 Å². The number of hydrogen-bond donors (Lipinski definition) is 2. The number of piperazine rings is 1. The molecular formula is C15H21N3O2. The van der Waals surface area contributed by atoms with Gasteiger partial charge in [0.05, 0.1) is 6.54 Å². The molecule has 1 aromatic rings. The largest absolute Gasteiger partial charge is 0.350 e. The molecule has 0 radical (unpaired) electrons. The molecule has 0 aromatic heterocycles. The molecule has 2 rings (SSSR count). The molecule has 0 saturated carbocycles. The quantitative estimate of drug-likeness (QED) is 0.813. The zero-order valence-corrected chi connectivity index (χ0v) is 11.9. The minimum Gasteiger partial charge on any atom is -0.350 e. The van der Waals surface area contributed by atoms with Gasteiger partial charge in [0.2, 0.25) is 11.8 Å². The Labute approximate surface area is 119 Å². The fourth-order valence-electron chi connectivity index (χ4n) is 2.61. The van der Waals surface area contributed by atoms with Gasteiger partial charge in [0.15, 0.2) is 0 Å². The molecule has 2 amide bonds. The standard InChI is InChI=1S/C15H21N3O2/c1-3-11(16)10-7-5-6-8-13(10)18-9-14(19)17-15(20)12(18)4-2/h5-8,11-12H,3-4,9,16H2,1-2H3,(H,17,19,20)/t11-,12?/m0/s1. The highest BCUT2D eigenvalue weighted by Gasteiger charge is 2.33. The van der Waals surface area contributed by atoms with Gasteiger partial charge in [-0.2, -0.15) is 0 Å². The molecule has 3 N–H and O–H groups in total. The van der Waals surface area contributed by atoms with E-state index < -0.39 is 0 Å². The van der Waals surface area contributed by atoms with Crippen LogP contribution in [0, 0.1) is 0 Å². The van der Waals surface area contributed by atoms with E-state index in [-0.39, 0.29) is 30.4 Å². The summed E-state index contributed by atoms with van der Waals surface area (Å²) in [6, 6.07) is 7.32. The van der Waals surface area contributed by atoms with E-state index in [1.165, 1.54) is 0 Å². The normalized spacial score (nSPS) is 20.8. The van der Waals surface area contributed by atoms with Gasteiger partial charge < -0.3 is 10.6 Å². The molecule has 1 fully saturated rings. The van der Waals surface area contributed by atoms with Crippen molar-refractivity contribution in [2.24, 2.45) is 5.73 Å². The van der Waals surface area contributed by atoms with E-state index in [1.54, 1.807) is 0 Å². The SMILES string of the molecule is CCC1C(=O)NC(=O)CN1c1ccccc1[C@@H](N)CC. The first-order chi connectivity index (χ1) is 9.58. The minimum absolute atomic E-state index is 0.0937. The van der Waals surface area contributed by atoms with Gasteiger partial charge in [-0.15, -0.1) is 0 Å². The van der Waals surface area contributed by atoms with E-state index in [9.17, 15) is 9.59 Å². The van der Waals surface area contributed by atoms with Crippen molar-refractivity contribution in [2.75, 3.05) is 11.4 Å². The van der Waals surface area contributed by atoms with Crippen LogP contribution in [0.4, 0.5) is 5.69 Å². The van der Waals surface area contributed by atoms with Crippen LogP contribution >= 0.6 is 0 Å². The Morgan fingerprint density at radius 1 is 1.35 bits per heavy atom. The summed E-state index contributed by atoms with van der Waals surface area (Å²) in [6.45, 7) is 4.15. The Bertz CT molecular complexity index is 516. The molecule has 5 heteroatoms. The maximum Gasteiger partial charge on any atom is 0.249 e. The Hall–Kier alpha value is -1.88. The first-order valence-electron chi connectivity index (χ1n) is 7.03. The number of imide groups is 1. The molecule has 1 aromatic carbocycles.